The highest BCUT2D eigenvalue weighted by Crippen LogP contribution is 2.31. The van der Waals surface area contributed by atoms with E-state index in [9.17, 15) is 0 Å². The topological polar surface area (TPSA) is 12.9 Å². The molecule has 0 unspecified atom stereocenters. The summed E-state index contributed by atoms with van der Waals surface area (Å²) in [6.07, 6.45) is 2.90. The first kappa shape index (κ1) is 22.0. The number of aryl methyl sites for hydroxylation is 1. The summed E-state index contributed by atoms with van der Waals surface area (Å²) in [5.74, 6) is 0. The van der Waals surface area contributed by atoms with Gasteiger partial charge in [-0.3, -0.25) is 4.98 Å². The number of nitrogens with zero attached hydrogens (tertiary/aromatic N) is 1. The summed E-state index contributed by atoms with van der Waals surface area (Å²) in [4.78, 5) is 4.46. The van der Waals surface area contributed by atoms with E-state index in [0.717, 1.165) is 17.7 Å². The van der Waals surface area contributed by atoms with Crippen molar-refractivity contribution in [2.24, 2.45) is 0 Å². The first-order valence-corrected chi connectivity index (χ1v) is 12.5. The molecule has 36 heavy (non-hydrogen) atoms. The van der Waals surface area contributed by atoms with Crippen LogP contribution in [0.2, 0.25) is 0 Å². The Bertz CT molecular complexity index is 1610. The number of benzene rings is 5. The molecule has 0 atom stereocenters. The molecule has 0 aliphatic rings. The lowest BCUT2D eigenvalue weighted by molar-refractivity contribution is 1.14. The third-order valence-corrected chi connectivity index (χ3v) is 6.93. The van der Waals surface area contributed by atoms with Crippen LogP contribution in [0.5, 0.6) is 0 Å². The Balaban J connectivity index is 1.28. The molecule has 0 saturated heterocycles. The van der Waals surface area contributed by atoms with Crippen LogP contribution in [0.1, 0.15) is 12.5 Å². The van der Waals surface area contributed by atoms with Gasteiger partial charge in [-0.2, -0.15) is 0 Å². The summed E-state index contributed by atoms with van der Waals surface area (Å²) in [7, 11) is 0. The van der Waals surface area contributed by atoms with Crippen molar-refractivity contribution in [1.29, 1.82) is 0 Å². The van der Waals surface area contributed by atoms with Crippen LogP contribution in [0.4, 0.5) is 0 Å². The van der Waals surface area contributed by atoms with Gasteiger partial charge in [-0.25, -0.2) is 0 Å². The van der Waals surface area contributed by atoms with Gasteiger partial charge in [0.15, 0.2) is 0 Å². The minimum Gasteiger partial charge on any atom is -0.256 e. The zero-order valence-corrected chi connectivity index (χ0v) is 20.4. The number of hydrogen-bond donors (Lipinski definition) is 0. The fraction of sp³-hybridized carbons (Fsp3) is 0.0571. The predicted octanol–water partition coefficient (Wildman–Crippen LogP) is 9.47. The molecule has 0 N–H and O–H groups in total. The van der Waals surface area contributed by atoms with Gasteiger partial charge in [-0.15, -0.1) is 0 Å². The van der Waals surface area contributed by atoms with Crippen LogP contribution in [-0.4, -0.2) is 4.98 Å². The van der Waals surface area contributed by atoms with Crippen LogP contribution in [0.3, 0.4) is 0 Å². The van der Waals surface area contributed by atoms with Gasteiger partial charge in [-0.1, -0.05) is 110 Å². The number of rotatable bonds is 5. The number of hydrogen-bond acceptors (Lipinski definition) is 1. The molecular weight excluding hydrogens is 434 g/mol. The second-order valence-electron chi connectivity index (χ2n) is 9.20. The molecule has 0 aliphatic heterocycles. The van der Waals surface area contributed by atoms with Crippen LogP contribution in [0.25, 0.3) is 55.4 Å². The normalized spacial score (nSPS) is 11.0. The lowest BCUT2D eigenvalue weighted by Crippen LogP contribution is -1.85. The van der Waals surface area contributed by atoms with Gasteiger partial charge in [0.25, 0.3) is 0 Å². The fourth-order valence-electron chi connectivity index (χ4n) is 4.76. The molecule has 0 saturated carbocycles. The van der Waals surface area contributed by atoms with Crippen molar-refractivity contribution >= 4 is 10.8 Å². The maximum absolute atomic E-state index is 4.46. The Morgan fingerprint density at radius 3 is 1.42 bits per heavy atom. The predicted molar refractivity (Wildman–Crippen MR) is 153 cm³/mol. The lowest BCUT2D eigenvalue weighted by atomic mass is 9.96. The van der Waals surface area contributed by atoms with E-state index in [1.54, 1.807) is 0 Å². The summed E-state index contributed by atoms with van der Waals surface area (Å²) >= 11 is 0. The summed E-state index contributed by atoms with van der Waals surface area (Å²) < 4.78 is 0. The quantitative estimate of drug-likeness (QED) is 0.249. The Hall–Kier alpha value is -4.49. The molecule has 0 amide bonds. The average Bonchev–Trinajstić information content (AvgIpc) is 2.97. The van der Waals surface area contributed by atoms with Crippen LogP contribution in [0.15, 0.2) is 134 Å². The average molecular weight is 462 g/mol. The Labute approximate surface area is 212 Å². The summed E-state index contributed by atoms with van der Waals surface area (Å²) in [5.41, 5.74) is 10.9. The first-order valence-electron chi connectivity index (χ1n) is 12.5. The number of aromatic nitrogens is 1. The molecule has 0 aliphatic carbocycles. The van der Waals surface area contributed by atoms with Crippen molar-refractivity contribution in [3.63, 3.8) is 0 Å². The van der Waals surface area contributed by atoms with E-state index < -0.39 is 0 Å². The molecule has 5 aromatic carbocycles. The van der Waals surface area contributed by atoms with Gasteiger partial charge in [0.2, 0.25) is 0 Å². The smallest absolute Gasteiger partial charge is 0.0701 e. The van der Waals surface area contributed by atoms with Gasteiger partial charge >= 0.3 is 0 Å². The fourth-order valence-corrected chi connectivity index (χ4v) is 4.76. The highest BCUT2D eigenvalue weighted by molar-refractivity contribution is 5.91. The van der Waals surface area contributed by atoms with Crippen molar-refractivity contribution in [2.75, 3.05) is 0 Å². The van der Waals surface area contributed by atoms with Crippen LogP contribution in [0, 0.1) is 0 Å². The van der Waals surface area contributed by atoms with Crippen molar-refractivity contribution < 1.29 is 0 Å². The molecule has 0 bridgehead atoms. The molecule has 6 rings (SSSR count). The van der Waals surface area contributed by atoms with Gasteiger partial charge in [0.1, 0.15) is 0 Å². The molecular formula is C35H27N. The summed E-state index contributed by atoms with van der Waals surface area (Å²) in [6, 6.07) is 45.9. The molecule has 6 aromatic rings. The lowest BCUT2D eigenvalue weighted by Gasteiger charge is -2.09. The molecule has 172 valence electrons. The summed E-state index contributed by atoms with van der Waals surface area (Å²) in [6.45, 7) is 2.19. The van der Waals surface area contributed by atoms with Crippen molar-refractivity contribution in [3.05, 3.63) is 139 Å². The van der Waals surface area contributed by atoms with Crippen molar-refractivity contribution in [1.82, 2.24) is 4.98 Å². The maximum Gasteiger partial charge on any atom is 0.0701 e. The molecule has 0 radical (unpaired) electrons. The third kappa shape index (κ3) is 4.44. The van der Waals surface area contributed by atoms with E-state index in [1.807, 2.05) is 24.4 Å². The van der Waals surface area contributed by atoms with E-state index in [-0.39, 0.29) is 0 Å². The zero-order chi connectivity index (χ0) is 24.3. The Kier molecular flexibility index (Phi) is 5.89. The zero-order valence-electron chi connectivity index (χ0n) is 20.4. The van der Waals surface area contributed by atoms with Crippen LogP contribution < -0.4 is 0 Å². The van der Waals surface area contributed by atoms with Crippen molar-refractivity contribution in [2.45, 2.75) is 13.3 Å². The van der Waals surface area contributed by atoms with Crippen LogP contribution >= 0.6 is 0 Å². The van der Waals surface area contributed by atoms with E-state index in [2.05, 4.69) is 121 Å². The highest BCUT2D eigenvalue weighted by Gasteiger charge is 2.05. The molecule has 1 nitrogen and oxygen atoms in total. The maximum atomic E-state index is 4.46. The van der Waals surface area contributed by atoms with Gasteiger partial charge < -0.3 is 0 Å². The van der Waals surface area contributed by atoms with E-state index in [0.29, 0.717) is 0 Å². The van der Waals surface area contributed by atoms with Gasteiger partial charge in [0, 0.05) is 11.8 Å². The second-order valence-corrected chi connectivity index (χ2v) is 9.20. The van der Waals surface area contributed by atoms with E-state index >= 15 is 0 Å². The highest BCUT2D eigenvalue weighted by atomic mass is 14.7. The second kappa shape index (κ2) is 9.64. The SMILES string of the molecule is CCc1ccc(-c2ccc(-c3ccc4ccc(-c5ccc(-c6ccccn6)cc5)cc4c3)cc2)cc1. The third-order valence-electron chi connectivity index (χ3n) is 6.93. The molecule has 0 spiro atoms. The van der Waals surface area contributed by atoms with E-state index in [4.69, 9.17) is 0 Å². The van der Waals surface area contributed by atoms with E-state index in [1.165, 1.54) is 49.7 Å². The van der Waals surface area contributed by atoms with Crippen molar-refractivity contribution in [3.8, 4) is 44.6 Å². The summed E-state index contributed by atoms with van der Waals surface area (Å²) in [5, 5.41) is 2.50. The molecule has 1 heterocycles. The monoisotopic (exact) mass is 461 g/mol. The number of pyridine rings is 1. The van der Waals surface area contributed by atoms with Gasteiger partial charge in [-0.05, 0) is 80.4 Å². The van der Waals surface area contributed by atoms with Gasteiger partial charge in [0.05, 0.1) is 5.69 Å². The molecule has 0 fully saturated rings. The molecule has 1 aromatic heterocycles. The number of fused-ring (bicyclic) bond motifs is 1. The standard InChI is InChI=1S/C35H27N/c1-2-25-6-8-26(9-7-25)27-10-12-28(13-11-27)32-20-16-30-17-21-33(24-34(30)23-32)29-14-18-31(19-15-29)35-5-3-4-22-36-35/h3-24H,2H2,1H3. The van der Waals surface area contributed by atoms with Crippen LogP contribution in [-0.2, 0) is 6.42 Å². The largest absolute Gasteiger partial charge is 0.256 e. The Morgan fingerprint density at radius 2 is 0.917 bits per heavy atom. The minimum absolute atomic E-state index is 0.996. The Morgan fingerprint density at radius 1 is 0.444 bits per heavy atom. The molecule has 1 heteroatoms. The first-order chi connectivity index (χ1) is 17.8. The minimum atomic E-state index is 0.996.